The smallest absolute Gasteiger partial charge is 0.353 e. The topological polar surface area (TPSA) is 101 Å². The quantitative estimate of drug-likeness (QED) is 0.671. The van der Waals surface area contributed by atoms with E-state index in [1.807, 2.05) is 4.90 Å². The van der Waals surface area contributed by atoms with Crippen LogP contribution in [0.1, 0.15) is 32.6 Å². The van der Waals surface area contributed by atoms with Crippen LogP contribution in [0.2, 0.25) is 0 Å². The lowest BCUT2D eigenvalue weighted by atomic mass is 10.0. The highest BCUT2D eigenvalue weighted by atomic mass is 16.6. The van der Waals surface area contributed by atoms with Crippen molar-refractivity contribution in [2.45, 2.75) is 32.6 Å². The van der Waals surface area contributed by atoms with E-state index in [2.05, 4.69) is 21.8 Å². The second-order valence-corrected chi connectivity index (χ2v) is 6.23. The molecule has 3 rings (SSSR count). The minimum absolute atomic E-state index is 0.0323. The van der Waals surface area contributed by atoms with Crippen LogP contribution in [0.15, 0.2) is 0 Å². The van der Waals surface area contributed by atoms with Gasteiger partial charge in [0, 0.05) is 26.2 Å². The molecule has 0 aliphatic carbocycles. The molecular formula is C14H22N6O2. The standard InChI is InChI=1S/C14H22N6O2/c1-10-5-4-8-19(9-10)14-16-12(15)11(20(21)22)13(17-14)18-6-2-3-7-18/h10H,2-9H2,1H3,(H2,15,16,17)/t10-/m1/s1. The lowest BCUT2D eigenvalue weighted by Crippen LogP contribution is -2.36. The maximum Gasteiger partial charge on any atom is 0.353 e. The van der Waals surface area contributed by atoms with Crippen molar-refractivity contribution < 1.29 is 4.92 Å². The third-order valence-corrected chi connectivity index (χ3v) is 4.41. The minimum atomic E-state index is -0.467. The zero-order chi connectivity index (χ0) is 15.7. The molecule has 0 bridgehead atoms. The molecule has 1 aromatic heterocycles. The number of anilines is 3. The van der Waals surface area contributed by atoms with Gasteiger partial charge >= 0.3 is 5.69 Å². The number of nitrogen functional groups attached to an aromatic ring is 1. The molecule has 3 heterocycles. The van der Waals surface area contributed by atoms with Crippen molar-refractivity contribution in [3.05, 3.63) is 10.1 Å². The number of hydrogen-bond donors (Lipinski definition) is 1. The van der Waals surface area contributed by atoms with E-state index in [1.54, 1.807) is 0 Å². The molecule has 0 aromatic carbocycles. The highest BCUT2D eigenvalue weighted by Gasteiger charge is 2.30. The Bertz CT molecular complexity index is 573. The van der Waals surface area contributed by atoms with Gasteiger partial charge in [-0.2, -0.15) is 9.97 Å². The van der Waals surface area contributed by atoms with Gasteiger partial charge in [-0.1, -0.05) is 6.92 Å². The summed E-state index contributed by atoms with van der Waals surface area (Å²) in [5.41, 5.74) is 5.73. The van der Waals surface area contributed by atoms with Crippen LogP contribution in [0.3, 0.4) is 0 Å². The van der Waals surface area contributed by atoms with E-state index in [0.717, 1.165) is 45.4 Å². The molecule has 2 fully saturated rings. The second-order valence-electron chi connectivity index (χ2n) is 6.23. The predicted octanol–water partition coefficient (Wildman–Crippen LogP) is 1.80. The molecule has 0 amide bonds. The summed E-state index contributed by atoms with van der Waals surface area (Å²) in [7, 11) is 0. The summed E-state index contributed by atoms with van der Waals surface area (Å²) >= 11 is 0. The summed E-state index contributed by atoms with van der Waals surface area (Å²) < 4.78 is 0. The van der Waals surface area contributed by atoms with Crippen molar-refractivity contribution >= 4 is 23.3 Å². The fourth-order valence-corrected chi connectivity index (χ4v) is 3.28. The molecule has 1 aromatic rings. The molecule has 8 heteroatoms. The normalized spacial score (nSPS) is 22.1. The van der Waals surface area contributed by atoms with E-state index in [1.165, 1.54) is 6.42 Å². The van der Waals surface area contributed by atoms with Crippen molar-refractivity contribution in [2.24, 2.45) is 5.92 Å². The molecule has 0 unspecified atom stereocenters. The molecule has 0 saturated carbocycles. The molecule has 8 nitrogen and oxygen atoms in total. The molecule has 120 valence electrons. The Morgan fingerprint density at radius 3 is 2.50 bits per heavy atom. The van der Waals surface area contributed by atoms with Crippen LogP contribution >= 0.6 is 0 Å². The van der Waals surface area contributed by atoms with Crippen LogP contribution in [-0.4, -0.2) is 41.1 Å². The van der Waals surface area contributed by atoms with Gasteiger partial charge in [-0.05, 0) is 31.6 Å². The number of nitrogens with zero attached hydrogens (tertiary/aromatic N) is 5. The van der Waals surface area contributed by atoms with Crippen molar-refractivity contribution in [2.75, 3.05) is 41.7 Å². The van der Waals surface area contributed by atoms with Crippen LogP contribution in [0.25, 0.3) is 0 Å². The van der Waals surface area contributed by atoms with Crippen LogP contribution in [-0.2, 0) is 0 Å². The van der Waals surface area contributed by atoms with Gasteiger partial charge in [-0.3, -0.25) is 10.1 Å². The maximum absolute atomic E-state index is 11.3. The van der Waals surface area contributed by atoms with Crippen LogP contribution in [0.4, 0.5) is 23.3 Å². The Morgan fingerprint density at radius 1 is 1.18 bits per heavy atom. The largest absolute Gasteiger partial charge is 0.378 e. The Morgan fingerprint density at radius 2 is 1.86 bits per heavy atom. The van der Waals surface area contributed by atoms with Crippen LogP contribution in [0, 0.1) is 16.0 Å². The molecule has 22 heavy (non-hydrogen) atoms. The fraction of sp³-hybridized carbons (Fsp3) is 0.714. The van der Waals surface area contributed by atoms with Gasteiger partial charge in [-0.25, -0.2) is 0 Å². The number of nitrogens with two attached hydrogens (primary N) is 1. The lowest BCUT2D eigenvalue weighted by molar-refractivity contribution is -0.383. The van der Waals surface area contributed by atoms with Gasteiger partial charge in [-0.15, -0.1) is 0 Å². The number of nitro groups is 1. The number of aromatic nitrogens is 2. The summed E-state index contributed by atoms with van der Waals surface area (Å²) in [6.45, 7) is 5.51. The van der Waals surface area contributed by atoms with Crippen LogP contribution < -0.4 is 15.5 Å². The van der Waals surface area contributed by atoms with E-state index in [4.69, 9.17) is 5.73 Å². The molecule has 0 spiro atoms. The Kier molecular flexibility index (Phi) is 4.00. The molecule has 2 aliphatic heterocycles. The van der Waals surface area contributed by atoms with Gasteiger partial charge in [0.15, 0.2) is 0 Å². The zero-order valence-electron chi connectivity index (χ0n) is 12.9. The predicted molar refractivity (Wildman–Crippen MR) is 85.2 cm³/mol. The fourth-order valence-electron chi connectivity index (χ4n) is 3.28. The van der Waals surface area contributed by atoms with Gasteiger partial charge < -0.3 is 15.5 Å². The lowest BCUT2D eigenvalue weighted by Gasteiger charge is -2.31. The first-order valence-corrected chi connectivity index (χ1v) is 7.88. The van der Waals surface area contributed by atoms with Crippen molar-refractivity contribution in [3.63, 3.8) is 0 Å². The van der Waals surface area contributed by atoms with Crippen LogP contribution in [0.5, 0.6) is 0 Å². The summed E-state index contributed by atoms with van der Waals surface area (Å²) in [6, 6.07) is 0. The van der Waals surface area contributed by atoms with E-state index < -0.39 is 4.92 Å². The molecule has 1 atom stereocenters. The Balaban J connectivity index is 1.99. The number of hydrogen-bond acceptors (Lipinski definition) is 7. The molecule has 2 aliphatic rings. The van der Waals surface area contributed by atoms with Crippen molar-refractivity contribution in [1.29, 1.82) is 0 Å². The maximum atomic E-state index is 11.3. The minimum Gasteiger partial charge on any atom is -0.378 e. The third kappa shape index (κ3) is 2.77. The average Bonchev–Trinajstić information content (AvgIpc) is 3.00. The van der Waals surface area contributed by atoms with Crippen molar-refractivity contribution in [1.82, 2.24) is 9.97 Å². The summed E-state index contributed by atoms with van der Waals surface area (Å²) in [5, 5.41) is 11.3. The molecule has 2 saturated heterocycles. The van der Waals surface area contributed by atoms with Gasteiger partial charge in [0.05, 0.1) is 4.92 Å². The van der Waals surface area contributed by atoms with Gasteiger partial charge in [0.1, 0.15) is 0 Å². The number of rotatable bonds is 3. The average molecular weight is 306 g/mol. The second kappa shape index (κ2) is 5.94. The first-order chi connectivity index (χ1) is 10.6. The highest BCUT2D eigenvalue weighted by Crippen LogP contribution is 2.35. The van der Waals surface area contributed by atoms with Gasteiger partial charge in [0.25, 0.3) is 0 Å². The number of piperidine rings is 1. The SMILES string of the molecule is C[C@@H]1CCCN(c2nc(N)c([N+](=O)[O-])c(N3CCCC3)n2)C1. The zero-order valence-corrected chi connectivity index (χ0v) is 12.9. The van der Waals surface area contributed by atoms with E-state index in [-0.39, 0.29) is 11.5 Å². The first kappa shape index (κ1) is 14.8. The summed E-state index contributed by atoms with van der Waals surface area (Å²) in [5.74, 6) is 1.44. The Hall–Kier alpha value is -2.12. The van der Waals surface area contributed by atoms with E-state index >= 15 is 0 Å². The summed E-state index contributed by atoms with van der Waals surface area (Å²) in [4.78, 5) is 23.6. The van der Waals surface area contributed by atoms with Crippen molar-refractivity contribution in [3.8, 4) is 0 Å². The monoisotopic (exact) mass is 306 g/mol. The first-order valence-electron chi connectivity index (χ1n) is 7.88. The molecular weight excluding hydrogens is 284 g/mol. The van der Waals surface area contributed by atoms with Gasteiger partial charge in [0.2, 0.25) is 17.6 Å². The molecule has 2 N–H and O–H groups in total. The Labute approximate surface area is 129 Å². The molecule has 0 radical (unpaired) electrons. The summed E-state index contributed by atoms with van der Waals surface area (Å²) in [6.07, 6.45) is 4.33. The highest BCUT2D eigenvalue weighted by molar-refractivity contribution is 5.71. The van der Waals surface area contributed by atoms with E-state index in [0.29, 0.717) is 17.7 Å². The van der Waals surface area contributed by atoms with E-state index in [9.17, 15) is 10.1 Å². The third-order valence-electron chi connectivity index (χ3n) is 4.41.